The van der Waals surface area contributed by atoms with Gasteiger partial charge in [0, 0.05) is 16.6 Å². The van der Waals surface area contributed by atoms with E-state index >= 15 is 0 Å². The summed E-state index contributed by atoms with van der Waals surface area (Å²) >= 11 is 5.87. The van der Waals surface area contributed by atoms with Crippen LogP contribution in [0.15, 0.2) is 18.2 Å². The highest BCUT2D eigenvalue weighted by Gasteiger charge is 2.24. The van der Waals surface area contributed by atoms with E-state index in [0.717, 1.165) is 44.2 Å². The molecule has 3 heteroatoms. The van der Waals surface area contributed by atoms with Gasteiger partial charge >= 0.3 is 0 Å². The van der Waals surface area contributed by atoms with E-state index in [1.807, 2.05) is 6.07 Å². The van der Waals surface area contributed by atoms with E-state index in [4.69, 9.17) is 11.6 Å². The second kappa shape index (κ2) is 9.36. The van der Waals surface area contributed by atoms with E-state index in [1.54, 1.807) is 6.07 Å². The van der Waals surface area contributed by atoms with Crippen LogP contribution in [0.5, 0.6) is 0 Å². The second-order valence-corrected chi connectivity index (χ2v) is 5.87. The maximum Gasteiger partial charge on any atom is 0.129 e. The van der Waals surface area contributed by atoms with Crippen molar-refractivity contribution in [1.82, 2.24) is 5.32 Å². The summed E-state index contributed by atoms with van der Waals surface area (Å²) in [5.41, 5.74) is 0.759. The normalized spacial score (nSPS) is 12.9. The van der Waals surface area contributed by atoms with E-state index in [0.29, 0.717) is 10.9 Å². The molecule has 0 saturated heterocycles. The predicted molar refractivity (Wildman–Crippen MR) is 85.8 cm³/mol. The van der Waals surface area contributed by atoms with Gasteiger partial charge in [-0.05, 0) is 43.9 Å². The van der Waals surface area contributed by atoms with Gasteiger partial charge in [-0.2, -0.15) is 0 Å². The van der Waals surface area contributed by atoms with Crippen LogP contribution in [0.4, 0.5) is 4.39 Å². The first-order valence-corrected chi connectivity index (χ1v) is 8.20. The Morgan fingerprint density at radius 3 is 2.25 bits per heavy atom. The van der Waals surface area contributed by atoms with Crippen LogP contribution in [0.3, 0.4) is 0 Å². The molecule has 0 aliphatic carbocycles. The van der Waals surface area contributed by atoms with Crippen molar-refractivity contribution in [1.29, 1.82) is 0 Å². The molecule has 114 valence electrons. The molecule has 0 bridgehead atoms. The standard InChI is InChI=1S/C17H27ClFN/c1-4-7-13(8-5-2)17(20-11-6-3)15-10-9-14(18)12-16(15)19/h9-10,12-13,17,20H,4-8,11H2,1-3H3. The highest BCUT2D eigenvalue weighted by atomic mass is 35.5. The molecule has 0 aliphatic rings. The number of hydrogen-bond donors (Lipinski definition) is 1. The van der Waals surface area contributed by atoms with Gasteiger partial charge in [-0.1, -0.05) is 51.3 Å². The Kier molecular flexibility index (Phi) is 8.16. The number of benzene rings is 1. The Hall–Kier alpha value is -0.600. The van der Waals surface area contributed by atoms with E-state index in [1.165, 1.54) is 6.07 Å². The third-order valence-electron chi connectivity index (χ3n) is 3.70. The molecule has 1 N–H and O–H groups in total. The van der Waals surface area contributed by atoms with Crippen molar-refractivity contribution >= 4 is 11.6 Å². The summed E-state index contributed by atoms with van der Waals surface area (Å²) in [5.74, 6) is 0.288. The monoisotopic (exact) mass is 299 g/mol. The molecule has 1 rings (SSSR count). The molecule has 0 spiro atoms. The van der Waals surface area contributed by atoms with Gasteiger partial charge in [0.15, 0.2) is 0 Å². The first kappa shape index (κ1) is 17.5. The van der Waals surface area contributed by atoms with Crippen molar-refractivity contribution in [3.05, 3.63) is 34.6 Å². The highest BCUT2D eigenvalue weighted by Crippen LogP contribution is 2.32. The molecule has 0 saturated carbocycles. The molecule has 1 nitrogen and oxygen atoms in total. The Balaban J connectivity index is 3.01. The summed E-state index contributed by atoms with van der Waals surface area (Å²) in [6, 6.07) is 5.14. The molecule has 0 fully saturated rings. The SMILES string of the molecule is CCCNC(c1ccc(Cl)cc1F)C(CCC)CCC. The lowest BCUT2D eigenvalue weighted by molar-refractivity contribution is 0.309. The molecule has 20 heavy (non-hydrogen) atoms. The van der Waals surface area contributed by atoms with E-state index in [9.17, 15) is 4.39 Å². The summed E-state index contributed by atoms with van der Waals surface area (Å²) in [6.07, 6.45) is 5.56. The van der Waals surface area contributed by atoms with Crippen LogP contribution < -0.4 is 5.32 Å². The van der Waals surface area contributed by atoms with Crippen molar-refractivity contribution < 1.29 is 4.39 Å². The Bertz CT molecular complexity index is 389. The molecule has 1 aromatic carbocycles. The zero-order valence-electron chi connectivity index (χ0n) is 12.9. The Labute approximate surface area is 127 Å². The van der Waals surface area contributed by atoms with Crippen molar-refractivity contribution in [2.45, 2.75) is 58.9 Å². The molecule has 1 aromatic rings. The van der Waals surface area contributed by atoms with Crippen LogP contribution in [-0.4, -0.2) is 6.54 Å². The van der Waals surface area contributed by atoms with Crippen molar-refractivity contribution in [3.63, 3.8) is 0 Å². The minimum absolute atomic E-state index is 0.0899. The molecular weight excluding hydrogens is 273 g/mol. The first-order chi connectivity index (χ1) is 9.63. The fourth-order valence-corrected chi connectivity index (χ4v) is 2.96. The van der Waals surface area contributed by atoms with Gasteiger partial charge in [-0.3, -0.25) is 0 Å². The molecule has 0 aromatic heterocycles. The van der Waals surface area contributed by atoms with Crippen molar-refractivity contribution in [3.8, 4) is 0 Å². The maximum atomic E-state index is 14.2. The Morgan fingerprint density at radius 2 is 1.75 bits per heavy atom. The smallest absolute Gasteiger partial charge is 0.129 e. The van der Waals surface area contributed by atoms with E-state index in [-0.39, 0.29) is 11.9 Å². The molecule has 0 heterocycles. The Morgan fingerprint density at radius 1 is 1.10 bits per heavy atom. The minimum atomic E-state index is -0.191. The van der Waals surface area contributed by atoms with Gasteiger partial charge in [-0.25, -0.2) is 4.39 Å². The lowest BCUT2D eigenvalue weighted by atomic mass is 9.86. The third kappa shape index (κ3) is 5.06. The van der Waals surface area contributed by atoms with Crippen LogP contribution >= 0.6 is 11.6 Å². The number of hydrogen-bond acceptors (Lipinski definition) is 1. The van der Waals surface area contributed by atoms with Gasteiger partial charge in [-0.15, -0.1) is 0 Å². The summed E-state index contributed by atoms with van der Waals surface area (Å²) in [6.45, 7) is 7.43. The molecule has 1 unspecified atom stereocenters. The van der Waals surface area contributed by atoms with Crippen LogP contribution in [0.2, 0.25) is 5.02 Å². The summed E-state index contributed by atoms with van der Waals surface area (Å²) in [5, 5.41) is 3.99. The predicted octanol–water partition coefficient (Wildman–Crippen LogP) is 5.74. The lowest BCUT2D eigenvalue weighted by Gasteiger charge is -2.29. The average Bonchev–Trinajstić information content (AvgIpc) is 2.41. The summed E-state index contributed by atoms with van der Waals surface area (Å²) in [7, 11) is 0. The lowest BCUT2D eigenvalue weighted by Crippen LogP contribution is -2.30. The van der Waals surface area contributed by atoms with Crippen LogP contribution in [-0.2, 0) is 0 Å². The molecule has 0 radical (unpaired) electrons. The average molecular weight is 300 g/mol. The van der Waals surface area contributed by atoms with E-state index in [2.05, 4.69) is 26.1 Å². The topological polar surface area (TPSA) is 12.0 Å². The molecular formula is C17H27ClFN. The molecule has 0 amide bonds. The molecule has 1 atom stereocenters. The number of nitrogens with one attached hydrogen (secondary N) is 1. The van der Waals surface area contributed by atoms with Crippen LogP contribution in [0, 0.1) is 11.7 Å². The summed E-state index contributed by atoms with van der Waals surface area (Å²) < 4.78 is 14.2. The maximum absolute atomic E-state index is 14.2. The summed E-state index contributed by atoms with van der Waals surface area (Å²) in [4.78, 5) is 0. The van der Waals surface area contributed by atoms with Gasteiger partial charge in [0.25, 0.3) is 0 Å². The number of halogens is 2. The molecule has 0 aliphatic heterocycles. The van der Waals surface area contributed by atoms with E-state index < -0.39 is 0 Å². The third-order valence-corrected chi connectivity index (χ3v) is 3.94. The van der Waals surface area contributed by atoms with Crippen molar-refractivity contribution in [2.75, 3.05) is 6.54 Å². The number of rotatable bonds is 9. The van der Waals surface area contributed by atoms with Gasteiger partial charge in [0.1, 0.15) is 5.82 Å². The largest absolute Gasteiger partial charge is 0.310 e. The van der Waals surface area contributed by atoms with Crippen molar-refractivity contribution in [2.24, 2.45) is 5.92 Å². The fourth-order valence-electron chi connectivity index (χ4n) is 2.80. The fraction of sp³-hybridized carbons (Fsp3) is 0.647. The zero-order valence-corrected chi connectivity index (χ0v) is 13.6. The first-order valence-electron chi connectivity index (χ1n) is 7.82. The highest BCUT2D eigenvalue weighted by molar-refractivity contribution is 6.30. The van der Waals surface area contributed by atoms with Gasteiger partial charge < -0.3 is 5.32 Å². The van der Waals surface area contributed by atoms with Gasteiger partial charge in [0.05, 0.1) is 0 Å². The second-order valence-electron chi connectivity index (χ2n) is 5.44. The van der Waals surface area contributed by atoms with Gasteiger partial charge in [0.2, 0.25) is 0 Å². The van der Waals surface area contributed by atoms with Crippen LogP contribution in [0.1, 0.15) is 64.5 Å². The van der Waals surface area contributed by atoms with Crippen LogP contribution in [0.25, 0.3) is 0 Å². The minimum Gasteiger partial charge on any atom is -0.310 e. The quantitative estimate of drug-likeness (QED) is 0.613. The zero-order chi connectivity index (χ0) is 15.0.